The van der Waals surface area contributed by atoms with Gasteiger partial charge in [0, 0.05) is 0 Å². The maximum atomic E-state index is 11.8. The first-order valence-corrected chi connectivity index (χ1v) is 5.68. The van der Waals surface area contributed by atoms with Crippen LogP contribution in [0, 0.1) is 17.8 Å². The number of ether oxygens (including phenoxy) is 1. The van der Waals surface area contributed by atoms with Crippen LogP contribution in [0.15, 0.2) is 0 Å². The largest absolute Gasteiger partial charge is 0.460 e. The Morgan fingerprint density at radius 1 is 1.14 bits per heavy atom. The molecule has 2 saturated carbocycles. The highest BCUT2D eigenvalue weighted by molar-refractivity contribution is 5.73. The molecule has 14 heavy (non-hydrogen) atoms. The van der Waals surface area contributed by atoms with Crippen molar-refractivity contribution in [3.05, 3.63) is 0 Å². The third-order valence-electron chi connectivity index (χ3n) is 3.28. The molecule has 2 fully saturated rings. The van der Waals surface area contributed by atoms with Crippen LogP contribution in [0.25, 0.3) is 0 Å². The van der Waals surface area contributed by atoms with Gasteiger partial charge in [-0.05, 0) is 58.3 Å². The number of hydrogen-bond acceptors (Lipinski definition) is 2. The average molecular weight is 196 g/mol. The van der Waals surface area contributed by atoms with Gasteiger partial charge in [0.05, 0.1) is 5.92 Å². The van der Waals surface area contributed by atoms with Crippen LogP contribution in [0.5, 0.6) is 0 Å². The smallest absolute Gasteiger partial charge is 0.309 e. The van der Waals surface area contributed by atoms with Gasteiger partial charge in [-0.25, -0.2) is 0 Å². The van der Waals surface area contributed by atoms with Crippen molar-refractivity contribution in [2.75, 3.05) is 0 Å². The van der Waals surface area contributed by atoms with E-state index in [4.69, 9.17) is 4.74 Å². The molecule has 0 saturated heterocycles. The monoisotopic (exact) mass is 196 g/mol. The van der Waals surface area contributed by atoms with Gasteiger partial charge >= 0.3 is 5.97 Å². The molecule has 0 aromatic carbocycles. The predicted molar refractivity (Wildman–Crippen MR) is 54.8 cm³/mol. The van der Waals surface area contributed by atoms with E-state index in [1.165, 1.54) is 12.8 Å². The summed E-state index contributed by atoms with van der Waals surface area (Å²) in [5.41, 5.74) is -0.322. The molecule has 3 unspecified atom stereocenters. The van der Waals surface area contributed by atoms with Gasteiger partial charge in [0.2, 0.25) is 0 Å². The third kappa shape index (κ3) is 2.28. The Hall–Kier alpha value is -0.530. The molecule has 2 rings (SSSR count). The van der Waals surface area contributed by atoms with Crippen molar-refractivity contribution in [2.45, 2.75) is 52.1 Å². The number of hydrogen-bond donors (Lipinski definition) is 0. The number of carbonyl (C=O) groups excluding carboxylic acids is 1. The van der Waals surface area contributed by atoms with E-state index in [0.29, 0.717) is 0 Å². The highest BCUT2D eigenvalue weighted by Gasteiger charge is 2.44. The first-order valence-electron chi connectivity index (χ1n) is 5.68. The zero-order valence-corrected chi connectivity index (χ0v) is 9.38. The van der Waals surface area contributed by atoms with Crippen LogP contribution >= 0.6 is 0 Å². The molecule has 0 amide bonds. The first-order chi connectivity index (χ1) is 6.46. The summed E-state index contributed by atoms with van der Waals surface area (Å²) < 4.78 is 5.41. The molecule has 0 aromatic heterocycles. The van der Waals surface area contributed by atoms with Gasteiger partial charge in [-0.2, -0.15) is 0 Å². The van der Waals surface area contributed by atoms with Crippen LogP contribution in [0.1, 0.15) is 46.5 Å². The minimum Gasteiger partial charge on any atom is -0.460 e. The van der Waals surface area contributed by atoms with E-state index in [9.17, 15) is 4.79 Å². The van der Waals surface area contributed by atoms with E-state index < -0.39 is 0 Å². The van der Waals surface area contributed by atoms with E-state index in [-0.39, 0.29) is 17.5 Å². The van der Waals surface area contributed by atoms with Crippen LogP contribution in [-0.4, -0.2) is 11.6 Å². The zero-order valence-electron chi connectivity index (χ0n) is 9.38. The second kappa shape index (κ2) is 3.25. The second-order valence-electron chi connectivity index (χ2n) is 5.80. The molecule has 2 heteroatoms. The molecular formula is C12H20O2. The number of rotatable bonds is 1. The quantitative estimate of drug-likeness (QED) is 0.603. The maximum Gasteiger partial charge on any atom is 0.309 e. The molecule has 0 N–H and O–H groups in total. The van der Waals surface area contributed by atoms with Crippen molar-refractivity contribution >= 4 is 5.97 Å². The van der Waals surface area contributed by atoms with Gasteiger partial charge in [0.15, 0.2) is 0 Å². The highest BCUT2D eigenvalue weighted by atomic mass is 16.6. The van der Waals surface area contributed by atoms with Gasteiger partial charge in [0.25, 0.3) is 0 Å². The minimum atomic E-state index is -0.322. The average Bonchev–Trinajstić information content (AvgIpc) is 2.77. The number of esters is 1. The lowest BCUT2D eigenvalue weighted by Gasteiger charge is -2.25. The fourth-order valence-corrected chi connectivity index (χ4v) is 2.45. The lowest BCUT2D eigenvalue weighted by atomic mass is 9.89. The lowest BCUT2D eigenvalue weighted by Crippen LogP contribution is -2.30. The zero-order chi connectivity index (χ0) is 10.3. The summed E-state index contributed by atoms with van der Waals surface area (Å²) >= 11 is 0. The fourth-order valence-electron chi connectivity index (χ4n) is 2.45. The van der Waals surface area contributed by atoms with E-state index >= 15 is 0 Å². The van der Waals surface area contributed by atoms with Crippen molar-refractivity contribution in [3.8, 4) is 0 Å². The topological polar surface area (TPSA) is 26.3 Å². The Morgan fingerprint density at radius 2 is 1.86 bits per heavy atom. The standard InChI is InChI=1S/C12H20O2/c1-12(2,3)14-11(13)9-5-4-8-6-10(8)7-9/h8-10H,4-7H2,1-3H3. The summed E-state index contributed by atoms with van der Waals surface area (Å²) in [5, 5.41) is 0. The molecule has 80 valence electrons. The van der Waals surface area contributed by atoms with Gasteiger partial charge in [0.1, 0.15) is 5.60 Å². The Morgan fingerprint density at radius 3 is 2.43 bits per heavy atom. The van der Waals surface area contributed by atoms with Crippen LogP contribution in [0.2, 0.25) is 0 Å². The highest BCUT2D eigenvalue weighted by Crippen LogP contribution is 2.51. The van der Waals surface area contributed by atoms with Crippen LogP contribution in [-0.2, 0) is 9.53 Å². The summed E-state index contributed by atoms with van der Waals surface area (Å²) in [6.45, 7) is 5.81. The Bertz CT molecular complexity index is 239. The predicted octanol–water partition coefficient (Wildman–Crippen LogP) is 2.76. The maximum absolute atomic E-state index is 11.8. The van der Waals surface area contributed by atoms with Crippen molar-refractivity contribution < 1.29 is 9.53 Å². The minimum absolute atomic E-state index is 0.0304. The Balaban J connectivity index is 1.85. The van der Waals surface area contributed by atoms with Crippen LogP contribution in [0.3, 0.4) is 0 Å². The third-order valence-corrected chi connectivity index (χ3v) is 3.28. The molecule has 2 aliphatic rings. The van der Waals surface area contributed by atoms with Gasteiger partial charge in [-0.15, -0.1) is 0 Å². The fraction of sp³-hybridized carbons (Fsp3) is 0.917. The van der Waals surface area contributed by atoms with Crippen molar-refractivity contribution in [1.82, 2.24) is 0 Å². The normalized spacial score (nSPS) is 36.1. The second-order valence-corrected chi connectivity index (χ2v) is 5.80. The van der Waals surface area contributed by atoms with E-state index in [0.717, 1.165) is 24.7 Å². The Kier molecular flexibility index (Phi) is 2.32. The number of carbonyl (C=O) groups is 1. The van der Waals surface area contributed by atoms with Crippen molar-refractivity contribution in [1.29, 1.82) is 0 Å². The van der Waals surface area contributed by atoms with Gasteiger partial charge < -0.3 is 4.74 Å². The first kappa shape index (κ1) is 10.0. The summed E-state index contributed by atoms with van der Waals surface area (Å²) in [4.78, 5) is 11.8. The molecule has 2 aliphatic carbocycles. The van der Waals surface area contributed by atoms with E-state index in [1.54, 1.807) is 0 Å². The molecule has 3 atom stereocenters. The molecule has 0 bridgehead atoms. The molecule has 2 nitrogen and oxygen atoms in total. The van der Waals surface area contributed by atoms with Crippen molar-refractivity contribution in [3.63, 3.8) is 0 Å². The van der Waals surface area contributed by atoms with E-state index in [2.05, 4.69) is 0 Å². The molecule has 0 aromatic rings. The Labute approximate surface area is 86.0 Å². The molecule has 0 aliphatic heterocycles. The van der Waals surface area contributed by atoms with Crippen molar-refractivity contribution in [2.24, 2.45) is 17.8 Å². The van der Waals surface area contributed by atoms with Gasteiger partial charge in [-0.3, -0.25) is 4.79 Å². The summed E-state index contributed by atoms with van der Waals surface area (Å²) in [6.07, 6.45) is 4.74. The number of fused-ring (bicyclic) bond motifs is 1. The van der Waals surface area contributed by atoms with Crippen LogP contribution in [0.4, 0.5) is 0 Å². The molecule has 0 radical (unpaired) electrons. The molecular weight excluding hydrogens is 176 g/mol. The lowest BCUT2D eigenvalue weighted by molar-refractivity contribution is -0.161. The molecule has 0 spiro atoms. The van der Waals surface area contributed by atoms with Crippen LogP contribution < -0.4 is 0 Å². The molecule has 0 heterocycles. The van der Waals surface area contributed by atoms with E-state index in [1.807, 2.05) is 20.8 Å². The summed E-state index contributed by atoms with van der Waals surface area (Å²) in [7, 11) is 0. The summed E-state index contributed by atoms with van der Waals surface area (Å²) in [6, 6.07) is 0. The SMILES string of the molecule is CC(C)(C)OC(=O)C1CCC2CC2C1. The summed E-state index contributed by atoms with van der Waals surface area (Å²) in [5.74, 6) is 2.02. The van der Waals surface area contributed by atoms with Gasteiger partial charge in [-0.1, -0.05) is 0 Å².